The van der Waals surface area contributed by atoms with Crippen LogP contribution in [-0.4, -0.2) is 42.7 Å². The Labute approximate surface area is 125 Å². The molecule has 21 heavy (non-hydrogen) atoms. The summed E-state index contributed by atoms with van der Waals surface area (Å²) in [6, 6.07) is 0.0429. The van der Waals surface area contributed by atoms with Crippen molar-refractivity contribution in [2.75, 3.05) is 7.05 Å². The summed E-state index contributed by atoms with van der Waals surface area (Å²) in [7, 11) is 1.43. The van der Waals surface area contributed by atoms with Gasteiger partial charge in [-0.1, -0.05) is 18.2 Å². The fraction of sp³-hybridized carbons (Fsp3) is 0.533. The summed E-state index contributed by atoms with van der Waals surface area (Å²) in [5.41, 5.74) is 5.04. The largest absolute Gasteiger partial charge is 0.494 e. The molecule has 0 amide bonds. The number of allylic oxidation sites excluding steroid dienone is 3. The average Bonchev–Trinajstić information content (AvgIpc) is 2.81. The maximum absolute atomic E-state index is 11.3. The van der Waals surface area contributed by atoms with Crippen LogP contribution in [0.2, 0.25) is 0 Å². The summed E-state index contributed by atoms with van der Waals surface area (Å²) in [6.45, 7) is 8.13. The van der Waals surface area contributed by atoms with Crippen LogP contribution in [0.5, 0.6) is 0 Å². The zero-order valence-corrected chi connectivity index (χ0v) is 13.1. The number of carbonyl (C=O) groups excluding carboxylic acids is 1. The smallest absolute Gasteiger partial charge is 0.399 e. The molecule has 0 spiro atoms. The van der Waals surface area contributed by atoms with E-state index in [1.165, 1.54) is 0 Å². The molecule has 1 aliphatic carbocycles. The fourth-order valence-corrected chi connectivity index (χ4v) is 2.72. The van der Waals surface area contributed by atoms with E-state index in [2.05, 4.69) is 5.43 Å². The minimum Gasteiger partial charge on any atom is -0.399 e. The topological polar surface area (TPSA) is 50.8 Å². The Bertz CT molecular complexity index is 561. The third kappa shape index (κ3) is 2.18. The second-order valence-electron chi connectivity index (χ2n) is 6.72. The molecule has 1 saturated heterocycles. The van der Waals surface area contributed by atoms with Crippen molar-refractivity contribution in [3.8, 4) is 0 Å². The summed E-state index contributed by atoms with van der Waals surface area (Å²) in [5.74, 6) is 0. The zero-order chi connectivity index (χ0) is 15.4. The highest BCUT2D eigenvalue weighted by Gasteiger charge is 2.52. The fourth-order valence-electron chi connectivity index (χ4n) is 2.72. The van der Waals surface area contributed by atoms with Gasteiger partial charge in [-0.3, -0.25) is 4.79 Å². The van der Waals surface area contributed by atoms with Crippen LogP contribution in [0.1, 0.15) is 27.7 Å². The summed E-state index contributed by atoms with van der Waals surface area (Å²) < 4.78 is 12.1. The molecule has 112 valence electrons. The summed E-state index contributed by atoms with van der Waals surface area (Å²) in [5, 5.41) is 1.75. The molecule has 1 unspecified atom stereocenters. The van der Waals surface area contributed by atoms with E-state index in [9.17, 15) is 4.79 Å². The van der Waals surface area contributed by atoms with Gasteiger partial charge in [-0.2, -0.15) is 0 Å². The van der Waals surface area contributed by atoms with E-state index in [4.69, 9.17) is 9.31 Å². The van der Waals surface area contributed by atoms with Crippen LogP contribution in [-0.2, 0) is 14.1 Å². The second-order valence-corrected chi connectivity index (χ2v) is 6.72. The first-order valence-electron chi connectivity index (χ1n) is 7.20. The standard InChI is InChI=1S/C15H21BN2O3/c1-14(2)15(3,4)21-16(20-14)10-6-7-12-11(8-10)13(9-19)18(5)17-12/h6-9,12,17H,1-5H3. The number of carbonyl (C=O) groups is 1. The number of nitrogens with one attached hydrogen (secondary N) is 1. The first kappa shape index (κ1) is 14.6. The van der Waals surface area contributed by atoms with Gasteiger partial charge < -0.3 is 14.3 Å². The van der Waals surface area contributed by atoms with Gasteiger partial charge in [0.2, 0.25) is 0 Å². The number of hydrazine groups is 1. The Balaban J connectivity index is 1.92. The highest BCUT2D eigenvalue weighted by Crippen LogP contribution is 2.40. The molecule has 3 aliphatic rings. The van der Waals surface area contributed by atoms with Gasteiger partial charge in [0.15, 0.2) is 6.29 Å². The number of fused-ring (bicyclic) bond motifs is 1. The Morgan fingerprint density at radius 2 is 1.90 bits per heavy atom. The summed E-state index contributed by atoms with van der Waals surface area (Å²) >= 11 is 0. The molecule has 3 rings (SSSR count). The number of aldehydes is 1. The molecule has 0 saturated carbocycles. The van der Waals surface area contributed by atoms with Crippen LogP contribution in [0.3, 0.4) is 0 Å². The van der Waals surface area contributed by atoms with E-state index in [1.54, 1.807) is 5.01 Å². The van der Waals surface area contributed by atoms with Crippen molar-refractivity contribution < 1.29 is 14.1 Å². The van der Waals surface area contributed by atoms with Gasteiger partial charge in [0.25, 0.3) is 0 Å². The summed E-state index contributed by atoms with van der Waals surface area (Å²) in [6.07, 6.45) is 6.90. The molecular weight excluding hydrogens is 267 g/mol. The van der Waals surface area contributed by atoms with Crippen molar-refractivity contribution in [3.05, 3.63) is 35.0 Å². The number of hydrogen-bond donors (Lipinski definition) is 1. The molecule has 1 N–H and O–H groups in total. The number of rotatable bonds is 2. The van der Waals surface area contributed by atoms with Crippen LogP contribution in [0, 0.1) is 0 Å². The van der Waals surface area contributed by atoms with E-state index >= 15 is 0 Å². The minimum atomic E-state index is -0.404. The number of likely N-dealkylation sites (N-methyl/N-ethyl adjacent to an activating group) is 1. The lowest BCUT2D eigenvalue weighted by Gasteiger charge is -2.32. The molecule has 1 fully saturated rings. The summed E-state index contributed by atoms with van der Waals surface area (Å²) in [4.78, 5) is 11.3. The van der Waals surface area contributed by atoms with Gasteiger partial charge in [-0.25, -0.2) is 5.43 Å². The van der Waals surface area contributed by atoms with Crippen molar-refractivity contribution in [3.63, 3.8) is 0 Å². The minimum absolute atomic E-state index is 0.0429. The maximum atomic E-state index is 11.3. The van der Waals surface area contributed by atoms with Gasteiger partial charge in [-0.05, 0) is 33.2 Å². The van der Waals surface area contributed by atoms with Gasteiger partial charge >= 0.3 is 7.12 Å². The van der Waals surface area contributed by atoms with Crippen LogP contribution in [0.4, 0.5) is 0 Å². The lowest BCUT2D eigenvalue weighted by Crippen LogP contribution is -2.41. The van der Waals surface area contributed by atoms with E-state index < -0.39 is 7.12 Å². The molecular formula is C15H21BN2O3. The normalized spacial score (nSPS) is 29.8. The average molecular weight is 288 g/mol. The lowest BCUT2D eigenvalue weighted by atomic mass is 9.74. The molecule has 0 aromatic heterocycles. The maximum Gasteiger partial charge on any atom is 0.494 e. The SMILES string of the molecule is CN1NC2C=CC(B3OC(C)(C)C(C)(C)O3)=CC2=C1C=O. The van der Waals surface area contributed by atoms with Crippen LogP contribution >= 0.6 is 0 Å². The number of nitrogens with zero attached hydrogens (tertiary/aromatic N) is 1. The third-order valence-corrected chi connectivity index (χ3v) is 4.77. The van der Waals surface area contributed by atoms with Crippen LogP contribution in [0.25, 0.3) is 0 Å². The zero-order valence-electron chi connectivity index (χ0n) is 13.1. The monoisotopic (exact) mass is 288 g/mol. The molecule has 2 heterocycles. The molecule has 0 aromatic carbocycles. The molecule has 0 bridgehead atoms. The van der Waals surface area contributed by atoms with Crippen molar-refractivity contribution in [2.24, 2.45) is 0 Å². The van der Waals surface area contributed by atoms with E-state index in [-0.39, 0.29) is 17.2 Å². The molecule has 1 atom stereocenters. The molecule has 2 aliphatic heterocycles. The number of hydrogen-bond acceptors (Lipinski definition) is 5. The van der Waals surface area contributed by atoms with Gasteiger partial charge in [0.05, 0.1) is 22.9 Å². The second kappa shape index (κ2) is 4.56. The molecule has 0 aromatic rings. The lowest BCUT2D eigenvalue weighted by molar-refractivity contribution is -0.106. The van der Waals surface area contributed by atoms with Crippen molar-refractivity contribution in [1.29, 1.82) is 0 Å². The molecule has 6 heteroatoms. The predicted octanol–water partition coefficient (Wildman–Crippen LogP) is 1.39. The Kier molecular flexibility index (Phi) is 3.17. The van der Waals surface area contributed by atoms with Crippen molar-refractivity contribution in [2.45, 2.75) is 44.9 Å². The first-order chi connectivity index (χ1) is 9.75. The van der Waals surface area contributed by atoms with Gasteiger partial charge in [0.1, 0.15) is 0 Å². The Morgan fingerprint density at radius 1 is 1.29 bits per heavy atom. The van der Waals surface area contributed by atoms with E-state index in [0.29, 0.717) is 5.70 Å². The Hall–Kier alpha value is -1.37. The molecule has 5 nitrogen and oxygen atoms in total. The predicted molar refractivity (Wildman–Crippen MR) is 81.1 cm³/mol. The van der Waals surface area contributed by atoms with E-state index in [1.807, 2.05) is 53.0 Å². The van der Waals surface area contributed by atoms with Crippen LogP contribution < -0.4 is 5.43 Å². The third-order valence-electron chi connectivity index (χ3n) is 4.77. The molecule has 0 radical (unpaired) electrons. The first-order valence-corrected chi connectivity index (χ1v) is 7.20. The van der Waals surface area contributed by atoms with Gasteiger partial charge in [0, 0.05) is 12.6 Å². The van der Waals surface area contributed by atoms with Crippen molar-refractivity contribution >= 4 is 13.4 Å². The Morgan fingerprint density at radius 3 is 2.48 bits per heavy atom. The van der Waals surface area contributed by atoms with Crippen LogP contribution in [0.15, 0.2) is 35.0 Å². The quantitative estimate of drug-likeness (QED) is 0.614. The highest BCUT2D eigenvalue weighted by atomic mass is 16.7. The van der Waals surface area contributed by atoms with Crippen molar-refractivity contribution in [1.82, 2.24) is 10.4 Å². The van der Waals surface area contributed by atoms with Gasteiger partial charge in [-0.15, -0.1) is 0 Å². The highest BCUT2D eigenvalue weighted by molar-refractivity contribution is 6.55. The van der Waals surface area contributed by atoms with E-state index in [0.717, 1.165) is 17.3 Å².